The van der Waals surface area contributed by atoms with E-state index in [1.54, 1.807) is 6.26 Å². The highest BCUT2D eigenvalue weighted by Crippen LogP contribution is 2.18. The van der Waals surface area contributed by atoms with Gasteiger partial charge in [-0.3, -0.25) is 4.90 Å². The maximum Gasteiger partial charge on any atom is 0.191 e. The molecule has 1 unspecified atom stereocenters. The topological polar surface area (TPSA) is 52.8 Å². The molecule has 2 rings (SSSR count). The Morgan fingerprint density at radius 2 is 2.22 bits per heavy atom. The summed E-state index contributed by atoms with van der Waals surface area (Å²) in [6, 6.07) is 4.61. The average Bonchev–Trinajstić information content (AvgIpc) is 3.06. The minimum Gasteiger partial charge on any atom is -0.467 e. The van der Waals surface area contributed by atoms with Crippen molar-refractivity contribution in [2.75, 3.05) is 26.2 Å². The first-order valence-corrected chi connectivity index (χ1v) is 8.62. The third-order valence-corrected chi connectivity index (χ3v) is 4.23. The first kappa shape index (κ1) is 20.3. The lowest BCUT2D eigenvalue weighted by molar-refractivity contribution is 0.147. The number of guanidine groups is 1. The molecule has 0 bridgehead atoms. The number of hydrogen-bond acceptors (Lipinski definition) is 3. The van der Waals surface area contributed by atoms with Crippen molar-refractivity contribution in [3.05, 3.63) is 24.2 Å². The molecule has 0 radical (unpaired) electrons. The molecule has 0 aliphatic carbocycles. The predicted octanol–water partition coefficient (Wildman–Crippen LogP) is 3.22. The molecule has 1 fully saturated rings. The molecule has 0 spiro atoms. The van der Waals surface area contributed by atoms with Crippen LogP contribution < -0.4 is 10.6 Å². The van der Waals surface area contributed by atoms with Gasteiger partial charge in [-0.25, -0.2) is 4.99 Å². The first-order valence-electron chi connectivity index (χ1n) is 8.62. The lowest BCUT2D eigenvalue weighted by Gasteiger charge is -2.35. The molecule has 23 heavy (non-hydrogen) atoms. The summed E-state index contributed by atoms with van der Waals surface area (Å²) in [5.74, 6) is 1.75. The van der Waals surface area contributed by atoms with Gasteiger partial charge in [0.05, 0.1) is 6.26 Å². The van der Waals surface area contributed by atoms with Crippen molar-refractivity contribution < 1.29 is 4.42 Å². The van der Waals surface area contributed by atoms with Crippen LogP contribution in [0.25, 0.3) is 0 Å². The molecule has 0 saturated carbocycles. The van der Waals surface area contributed by atoms with E-state index in [-0.39, 0.29) is 24.0 Å². The van der Waals surface area contributed by atoms with Gasteiger partial charge < -0.3 is 15.1 Å². The van der Waals surface area contributed by atoms with Gasteiger partial charge in [-0.15, -0.1) is 24.0 Å². The Labute approximate surface area is 157 Å². The summed E-state index contributed by atoms with van der Waals surface area (Å²) in [5, 5.41) is 6.72. The van der Waals surface area contributed by atoms with Crippen LogP contribution in [0.4, 0.5) is 0 Å². The fourth-order valence-corrected chi connectivity index (χ4v) is 3.04. The minimum atomic E-state index is 0. The number of halogens is 1. The molecule has 1 aromatic rings. The van der Waals surface area contributed by atoms with Crippen LogP contribution in [0.3, 0.4) is 0 Å². The van der Waals surface area contributed by atoms with Gasteiger partial charge in [0, 0.05) is 25.7 Å². The Morgan fingerprint density at radius 1 is 1.35 bits per heavy atom. The van der Waals surface area contributed by atoms with Crippen molar-refractivity contribution in [1.82, 2.24) is 15.5 Å². The molecule has 5 nitrogen and oxygen atoms in total. The zero-order chi connectivity index (χ0) is 15.6. The van der Waals surface area contributed by atoms with Crippen molar-refractivity contribution in [3.8, 4) is 0 Å². The third-order valence-electron chi connectivity index (χ3n) is 4.23. The maximum atomic E-state index is 5.32. The summed E-state index contributed by atoms with van der Waals surface area (Å²) in [7, 11) is 0. The van der Waals surface area contributed by atoms with E-state index in [1.165, 1.54) is 32.2 Å². The Kier molecular flexibility index (Phi) is 10.3. The molecule has 1 aromatic heterocycles. The van der Waals surface area contributed by atoms with Crippen molar-refractivity contribution in [2.45, 2.75) is 52.1 Å². The molecular formula is C17H31IN4O. The van der Waals surface area contributed by atoms with E-state index in [1.807, 2.05) is 12.1 Å². The van der Waals surface area contributed by atoms with Crippen LogP contribution in [0.2, 0.25) is 0 Å². The largest absolute Gasteiger partial charge is 0.467 e. The van der Waals surface area contributed by atoms with E-state index >= 15 is 0 Å². The average molecular weight is 434 g/mol. The SMILES string of the molecule is CCNC(=NCc1ccco1)NCCN1CCCCC1CC.I. The molecule has 6 heteroatoms. The second-order valence-corrected chi connectivity index (χ2v) is 5.80. The number of nitrogens with zero attached hydrogens (tertiary/aromatic N) is 2. The fraction of sp³-hybridized carbons (Fsp3) is 0.706. The van der Waals surface area contributed by atoms with Crippen molar-refractivity contribution in [1.29, 1.82) is 0 Å². The Hall–Kier alpha value is -0.760. The summed E-state index contributed by atoms with van der Waals surface area (Å²) in [4.78, 5) is 7.18. The van der Waals surface area contributed by atoms with E-state index in [0.29, 0.717) is 6.54 Å². The van der Waals surface area contributed by atoms with Crippen LogP contribution in [-0.4, -0.2) is 43.1 Å². The number of nitrogens with one attached hydrogen (secondary N) is 2. The lowest BCUT2D eigenvalue weighted by atomic mass is 10.0. The summed E-state index contributed by atoms with van der Waals surface area (Å²) < 4.78 is 5.32. The van der Waals surface area contributed by atoms with Gasteiger partial charge in [-0.2, -0.15) is 0 Å². The number of furan rings is 1. The molecule has 2 N–H and O–H groups in total. The quantitative estimate of drug-likeness (QED) is 0.393. The summed E-state index contributed by atoms with van der Waals surface area (Å²) in [6.45, 7) is 9.08. The molecule has 0 aromatic carbocycles. The highest BCUT2D eigenvalue weighted by molar-refractivity contribution is 14.0. The van der Waals surface area contributed by atoms with Crippen molar-refractivity contribution >= 4 is 29.9 Å². The van der Waals surface area contributed by atoms with E-state index in [9.17, 15) is 0 Å². The highest BCUT2D eigenvalue weighted by Gasteiger charge is 2.19. The molecule has 1 aliphatic rings. The van der Waals surface area contributed by atoms with Gasteiger partial charge in [0.2, 0.25) is 0 Å². The number of aliphatic imine (C=N–C) groups is 1. The number of rotatable bonds is 7. The van der Waals surface area contributed by atoms with Gasteiger partial charge in [0.1, 0.15) is 12.3 Å². The zero-order valence-electron chi connectivity index (χ0n) is 14.4. The Morgan fingerprint density at radius 3 is 2.91 bits per heavy atom. The normalized spacial score (nSPS) is 19.2. The summed E-state index contributed by atoms with van der Waals surface area (Å²) in [6.07, 6.45) is 7.01. The van der Waals surface area contributed by atoms with Crippen LogP contribution >= 0.6 is 24.0 Å². The van der Waals surface area contributed by atoms with E-state index in [2.05, 4.69) is 34.4 Å². The fourth-order valence-electron chi connectivity index (χ4n) is 3.04. The monoisotopic (exact) mass is 434 g/mol. The molecule has 0 amide bonds. The Balaban J connectivity index is 0.00000264. The molecule has 1 atom stereocenters. The highest BCUT2D eigenvalue weighted by atomic mass is 127. The lowest BCUT2D eigenvalue weighted by Crippen LogP contribution is -2.45. The number of likely N-dealkylation sites (tertiary alicyclic amines) is 1. The third kappa shape index (κ3) is 7.12. The molecule has 1 aliphatic heterocycles. The molecular weight excluding hydrogens is 403 g/mol. The predicted molar refractivity (Wildman–Crippen MR) is 106 cm³/mol. The van der Waals surface area contributed by atoms with Crippen molar-refractivity contribution in [3.63, 3.8) is 0 Å². The van der Waals surface area contributed by atoms with Gasteiger partial charge in [-0.1, -0.05) is 13.3 Å². The second kappa shape index (κ2) is 11.7. The molecule has 1 saturated heterocycles. The molecule has 132 valence electrons. The first-order chi connectivity index (χ1) is 10.8. The smallest absolute Gasteiger partial charge is 0.191 e. The number of piperidine rings is 1. The molecule has 2 heterocycles. The van der Waals surface area contributed by atoms with E-state index < -0.39 is 0 Å². The second-order valence-electron chi connectivity index (χ2n) is 5.80. The maximum absolute atomic E-state index is 5.32. The zero-order valence-corrected chi connectivity index (χ0v) is 16.7. The standard InChI is InChI=1S/C17H30N4O.HI/c1-3-15-8-5-6-11-21(15)12-10-19-17(18-4-2)20-14-16-9-7-13-22-16;/h7,9,13,15H,3-6,8,10-12,14H2,1-2H3,(H2,18,19,20);1H. The number of hydrogen-bond donors (Lipinski definition) is 2. The van der Waals surface area contributed by atoms with Crippen LogP contribution in [0.1, 0.15) is 45.3 Å². The Bertz CT molecular complexity index is 436. The minimum absolute atomic E-state index is 0. The van der Waals surface area contributed by atoms with Crippen LogP contribution in [-0.2, 0) is 6.54 Å². The van der Waals surface area contributed by atoms with E-state index in [4.69, 9.17) is 4.42 Å². The van der Waals surface area contributed by atoms with Crippen LogP contribution in [0, 0.1) is 0 Å². The van der Waals surface area contributed by atoms with Gasteiger partial charge in [-0.05, 0) is 44.9 Å². The van der Waals surface area contributed by atoms with Gasteiger partial charge >= 0.3 is 0 Å². The van der Waals surface area contributed by atoms with Gasteiger partial charge in [0.25, 0.3) is 0 Å². The summed E-state index contributed by atoms with van der Waals surface area (Å²) in [5.41, 5.74) is 0. The summed E-state index contributed by atoms with van der Waals surface area (Å²) >= 11 is 0. The van der Waals surface area contributed by atoms with Gasteiger partial charge in [0.15, 0.2) is 5.96 Å². The van der Waals surface area contributed by atoms with Crippen LogP contribution in [0.15, 0.2) is 27.8 Å². The van der Waals surface area contributed by atoms with E-state index in [0.717, 1.165) is 37.4 Å². The van der Waals surface area contributed by atoms with Crippen LogP contribution in [0.5, 0.6) is 0 Å². The van der Waals surface area contributed by atoms with Crippen molar-refractivity contribution in [2.24, 2.45) is 4.99 Å².